The summed E-state index contributed by atoms with van der Waals surface area (Å²) in [5, 5.41) is 0.192. The number of likely N-dealkylation sites (tertiary alicyclic amines) is 1. The SMILES string of the molecule is CCOc1ccc(Cn2c(=O)c3cc(OC(CF)CF)ccc3n(C3CCN(C=O)CC3)c2=O)cc1OCC. The minimum atomic E-state index is -1.29. The van der Waals surface area contributed by atoms with Crippen molar-refractivity contribution < 1.29 is 27.8 Å². The summed E-state index contributed by atoms with van der Waals surface area (Å²) in [5.74, 6) is 1.20. The molecular weight excluding hydrogens is 512 g/mol. The van der Waals surface area contributed by atoms with Gasteiger partial charge in [-0.2, -0.15) is 0 Å². The maximum absolute atomic E-state index is 13.9. The van der Waals surface area contributed by atoms with Crippen molar-refractivity contribution in [1.29, 1.82) is 0 Å². The van der Waals surface area contributed by atoms with Crippen molar-refractivity contribution in [3.05, 3.63) is 62.8 Å². The van der Waals surface area contributed by atoms with E-state index in [2.05, 4.69) is 0 Å². The van der Waals surface area contributed by atoms with Gasteiger partial charge in [-0.25, -0.2) is 13.6 Å². The third-order valence-corrected chi connectivity index (χ3v) is 6.75. The predicted molar refractivity (Wildman–Crippen MR) is 143 cm³/mol. The Bertz CT molecular complexity index is 1410. The molecule has 11 heteroatoms. The number of aromatic nitrogens is 2. The van der Waals surface area contributed by atoms with Crippen molar-refractivity contribution in [2.45, 2.75) is 45.4 Å². The maximum atomic E-state index is 13.9. The molecule has 210 valence electrons. The van der Waals surface area contributed by atoms with Crippen molar-refractivity contribution in [3.63, 3.8) is 0 Å². The molecule has 0 spiro atoms. The van der Waals surface area contributed by atoms with E-state index in [1.54, 1.807) is 33.7 Å². The van der Waals surface area contributed by atoms with Gasteiger partial charge in [0.2, 0.25) is 6.41 Å². The van der Waals surface area contributed by atoms with E-state index in [1.807, 2.05) is 13.8 Å². The lowest BCUT2D eigenvalue weighted by Crippen LogP contribution is -2.44. The number of hydrogen-bond donors (Lipinski definition) is 0. The number of piperidine rings is 1. The summed E-state index contributed by atoms with van der Waals surface area (Å²) in [6.07, 6.45) is 0.570. The van der Waals surface area contributed by atoms with Gasteiger partial charge in [0, 0.05) is 19.1 Å². The molecule has 3 aromatic rings. The molecule has 0 atom stereocenters. The number of carbonyl (C=O) groups excluding carboxylic acids is 1. The molecule has 1 aromatic heterocycles. The van der Waals surface area contributed by atoms with Crippen molar-refractivity contribution in [2.24, 2.45) is 0 Å². The zero-order valence-electron chi connectivity index (χ0n) is 22.1. The Morgan fingerprint density at radius 1 is 0.974 bits per heavy atom. The number of ether oxygens (including phenoxy) is 3. The molecule has 4 rings (SSSR count). The van der Waals surface area contributed by atoms with Gasteiger partial charge in [-0.3, -0.25) is 18.7 Å². The first-order valence-corrected chi connectivity index (χ1v) is 13.1. The Morgan fingerprint density at radius 3 is 2.31 bits per heavy atom. The van der Waals surface area contributed by atoms with Crippen molar-refractivity contribution in [2.75, 3.05) is 39.7 Å². The number of nitrogens with zero attached hydrogens (tertiary/aromatic N) is 3. The van der Waals surface area contributed by atoms with Gasteiger partial charge in [0.05, 0.1) is 30.7 Å². The molecule has 1 aliphatic heterocycles. The number of halogens is 2. The van der Waals surface area contributed by atoms with Crippen LogP contribution in [0.15, 0.2) is 46.0 Å². The lowest BCUT2D eigenvalue weighted by atomic mass is 10.0. The van der Waals surface area contributed by atoms with Crippen LogP contribution in [0.4, 0.5) is 8.78 Å². The highest BCUT2D eigenvalue weighted by atomic mass is 19.1. The average molecular weight is 546 g/mol. The molecule has 0 radical (unpaired) electrons. The fourth-order valence-corrected chi connectivity index (χ4v) is 4.85. The zero-order chi connectivity index (χ0) is 27.9. The molecule has 2 heterocycles. The van der Waals surface area contributed by atoms with Crippen LogP contribution in [0.5, 0.6) is 17.2 Å². The van der Waals surface area contributed by atoms with Gasteiger partial charge >= 0.3 is 5.69 Å². The first-order valence-electron chi connectivity index (χ1n) is 13.1. The van der Waals surface area contributed by atoms with Crippen LogP contribution in [0.2, 0.25) is 0 Å². The van der Waals surface area contributed by atoms with Crippen LogP contribution in [-0.2, 0) is 11.3 Å². The number of amides is 1. The molecule has 0 N–H and O–H groups in total. The fourth-order valence-electron chi connectivity index (χ4n) is 4.85. The summed E-state index contributed by atoms with van der Waals surface area (Å²) >= 11 is 0. The van der Waals surface area contributed by atoms with E-state index >= 15 is 0 Å². The number of hydrogen-bond acceptors (Lipinski definition) is 6. The van der Waals surface area contributed by atoms with E-state index in [4.69, 9.17) is 14.2 Å². The summed E-state index contributed by atoms with van der Waals surface area (Å²) in [6.45, 7) is 3.46. The Hall–Kier alpha value is -3.89. The van der Waals surface area contributed by atoms with Crippen LogP contribution in [0.3, 0.4) is 0 Å². The van der Waals surface area contributed by atoms with Crippen molar-refractivity contribution in [3.8, 4) is 17.2 Å². The highest BCUT2D eigenvalue weighted by Gasteiger charge is 2.25. The molecule has 1 saturated heterocycles. The van der Waals surface area contributed by atoms with E-state index in [-0.39, 0.29) is 23.7 Å². The highest BCUT2D eigenvalue weighted by Crippen LogP contribution is 2.29. The third-order valence-electron chi connectivity index (χ3n) is 6.75. The summed E-state index contributed by atoms with van der Waals surface area (Å²) in [5.41, 5.74) is 0.0240. The fraction of sp³-hybridized carbons (Fsp3) is 0.464. The summed E-state index contributed by atoms with van der Waals surface area (Å²) in [4.78, 5) is 40.4. The minimum Gasteiger partial charge on any atom is -0.490 e. The zero-order valence-corrected chi connectivity index (χ0v) is 22.1. The van der Waals surface area contributed by atoms with E-state index in [0.29, 0.717) is 61.7 Å². The molecule has 1 amide bonds. The second kappa shape index (κ2) is 12.8. The Balaban J connectivity index is 1.84. The van der Waals surface area contributed by atoms with Gasteiger partial charge < -0.3 is 19.1 Å². The molecule has 2 aromatic carbocycles. The smallest absolute Gasteiger partial charge is 0.332 e. The van der Waals surface area contributed by atoms with Gasteiger partial charge in [-0.1, -0.05) is 6.07 Å². The Labute approximate surface area is 224 Å². The highest BCUT2D eigenvalue weighted by molar-refractivity contribution is 5.80. The molecule has 1 aliphatic rings. The lowest BCUT2D eigenvalue weighted by molar-refractivity contribution is -0.119. The largest absolute Gasteiger partial charge is 0.490 e. The lowest BCUT2D eigenvalue weighted by Gasteiger charge is -2.31. The standard InChI is InChI=1S/C28H33F2N3O6/c1-3-37-25-8-5-19(13-26(25)38-4-2)17-32-27(35)23-14-21(39-22(15-29)16-30)6-7-24(23)33(28(32)36)20-9-11-31(18-34)12-10-20/h5-8,13-14,18,20,22H,3-4,9-12,15-17H2,1-2H3. The van der Waals surface area contributed by atoms with E-state index < -0.39 is 30.7 Å². The van der Waals surface area contributed by atoms with Crippen LogP contribution in [0.25, 0.3) is 10.9 Å². The van der Waals surface area contributed by atoms with E-state index in [9.17, 15) is 23.2 Å². The summed E-state index contributed by atoms with van der Waals surface area (Å²) in [7, 11) is 0. The number of benzene rings is 2. The molecule has 0 saturated carbocycles. The Kier molecular flexibility index (Phi) is 9.21. The average Bonchev–Trinajstić information content (AvgIpc) is 2.96. The van der Waals surface area contributed by atoms with Gasteiger partial charge in [-0.15, -0.1) is 0 Å². The van der Waals surface area contributed by atoms with Crippen LogP contribution in [-0.4, -0.2) is 66.2 Å². The second-order valence-corrected chi connectivity index (χ2v) is 9.29. The van der Waals surface area contributed by atoms with Gasteiger partial charge in [0.25, 0.3) is 5.56 Å². The molecule has 1 fully saturated rings. The quantitative estimate of drug-likeness (QED) is 0.324. The second-order valence-electron chi connectivity index (χ2n) is 9.29. The first-order chi connectivity index (χ1) is 18.9. The van der Waals surface area contributed by atoms with Crippen LogP contribution < -0.4 is 25.5 Å². The molecule has 9 nitrogen and oxygen atoms in total. The van der Waals surface area contributed by atoms with Gasteiger partial charge in [0.1, 0.15) is 19.1 Å². The van der Waals surface area contributed by atoms with E-state index in [0.717, 1.165) is 11.0 Å². The van der Waals surface area contributed by atoms with Crippen molar-refractivity contribution >= 4 is 17.3 Å². The molecule has 0 aliphatic carbocycles. The first kappa shape index (κ1) is 28.1. The monoisotopic (exact) mass is 545 g/mol. The van der Waals surface area contributed by atoms with Crippen LogP contribution in [0.1, 0.15) is 38.3 Å². The number of rotatable bonds is 12. The summed E-state index contributed by atoms with van der Waals surface area (Å²) in [6, 6.07) is 9.49. The Morgan fingerprint density at radius 2 is 1.67 bits per heavy atom. The maximum Gasteiger partial charge on any atom is 0.332 e. The van der Waals surface area contributed by atoms with E-state index in [1.165, 1.54) is 12.1 Å². The molecule has 39 heavy (non-hydrogen) atoms. The predicted octanol–water partition coefficient (Wildman–Crippen LogP) is 3.49. The molecule has 0 bridgehead atoms. The number of alkyl halides is 2. The summed E-state index contributed by atoms with van der Waals surface area (Å²) < 4.78 is 45.7. The molecular formula is C28H33F2N3O6. The van der Waals surface area contributed by atoms with Gasteiger partial charge in [0.15, 0.2) is 17.6 Å². The number of carbonyl (C=O) groups is 1. The number of fused-ring (bicyclic) bond motifs is 1. The minimum absolute atomic E-state index is 0.0318. The van der Waals surface area contributed by atoms with Gasteiger partial charge in [-0.05, 0) is 62.6 Å². The third kappa shape index (κ3) is 6.07. The topological polar surface area (TPSA) is 92.0 Å². The van der Waals surface area contributed by atoms with Crippen molar-refractivity contribution in [1.82, 2.24) is 14.0 Å². The van der Waals surface area contributed by atoms with Crippen LogP contribution in [0, 0.1) is 0 Å². The van der Waals surface area contributed by atoms with Crippen LogP contribution >= 0.6 is 0 Å². The molecule has 0 unspecified atom stereocenters. The normalized spacial score (nSPS) is 14.1.